The highest BCUT2D eigenvalue weighted by molar-refractivity contribution is 5.89. The first-order chi connectivity index (χ1) is 6.65. The topological polar surface area (TPSA) is 84.9 Å². The maximum atomic E-state index is 10.9. The molecule has 4 atom stereocenters. The Balaban J connectivity index is 2.15. The smallest absolute Gasteiger partial charge is 0.308 e. The molecule has 14 heavy (non-hydrogen) atoms. The quantitative estimate of drug-likeness (QED) is 0.663. The molecule has 0 saturated heterocycles. The molecule has 1 fully saturated rings. The van der Waals surface area contributed by atoms with E-state index >= 15 is 0 Å². The molecule has 0 spiro atoms. The molecular weight excluding hydrogens is 184 g/mol. The first kappa shape index (κ1) is 9.45. The van der Waals surface area contributed by atoms with Crippen molar-refractivity contribution >= 4 is 11.7 Å². The van der Waals surface area contributed by atoms with Crippen LogP contribution < -0.4 is 5.73 Å². The fraction of sp³-hybridized carbons (Fsp3) is 0.778. The Morgan fingerprint density at radius 3 is 3.07 bits per heavy atom. The van der Waals surface area contributed by atoms with Gasteiger partial charge in [0.2, 0.25) is 0 Å². The predicted molar refractivity (Wildman–Crippen MR) is 49.8 cm³/mol. The number of oxime groups is 1. The van der Waals surface area contributed by atoms with Crippen LogP contribution in [0.4, 0.5) is 0 Å². The summed E-state index contributed by atoms with van der Waals surface area (Å²) in [5.41, 5.74) is 6.76. The summed E-state index contributed by atoms with van der Waals surface area (Å²) in [5.74, 6) is -1.19. The molecule has 2 rings (SSSR count). The SMILES string of the molecule is CCC1=NOC2C1CC(C(=O)O)C2N. The van der Waals surface area contributed by atoms with Gasteiger partial charge in [0, 0.05) is 5.92 Å². The Hall–Kier alpha value is -1.10. The van der Waals surface area contributed by atoms with Crippen LogP contribution in [0.25, 0.3) is 0 Å². The van der Waals surface area contributed by atoms with Gasteiger partial charge in [0.1, 0.15) is 0 Å². The summed E-state index contributed by atoms with van der Waals surface area (Å²) in [4.78, 5) is 16.0. The number of carboxylic acid groups (broad SMARTS) is 1. The van der Waals surface area contributed by atoms with E-state index in [9.17, 15) is 4.79 Å². The number of fused-ring (bicyclic) bond motifs is 1. The van der Waals surface area contributed by atoms with Crippen LogP contribution in [-0.2, 0) is 9.63 Å². The molecule has 0 radical (unpaired) electrons. The third-order valence-electron chi connectivity index (χ3n) is 3.15. The Morgan fingerprint density at radius 1 is 1.79 bits per heavy atom. The van der Waals surface area contributed by atoms with Crippen molar-refractivity contribution in [2.45, 2.75) is 31.9 Å². The molecule has 1 aliphatic carbocycles. The molecule has 2 aliphatic rings. The molecule has 0 amide bonds. The van der Waals surface area contributed by atoms with Crippen molar-refractivity contribution in [1.29, 1.82) is 0 Å². The van der Waals surface area contributed by atoms with Crippen molar-refractivity contribution in [3.8, 4) is 0 Å². The summed E-state index contributed by atoms with van der Waals surface area (Å²) in [6, 6.07) is -0.426. The second kappa shape index (κ2) is 3.24. The molecule has 0 bridgehead atoms. The van der Waals surface area contributed by atoms with Gasteiger partial charge in [-0.1, -0.05) is 12.1 Å². The van der Waals surface area contributed by atoms with Gasteiger partial charge in [0.05, 0.1) is 17.7 Å². The van der Waals surface area contributed by atoms with E-state index < -0.39 is 17.9 Å². The largest absolute Gasteiger partial charge is 0.481 e. The lowest BCUT2D eigenvalue weighted by Crippen LogP contribution is -2.39. The maximum Gasteiger partial charge on any atom is 0.308 e. The van der Waals surface area contributed by atoms with Gasteiger partial charge in [-0.05, 0) is 12.8 Å². The maximum absolute atomic E-state index is 10.9. The zero-order valence-corrected chi connectivity index (χ0v) is 8.01. The van der Waals surface area contributed by atoms with Gasteiger partial charge in [0.15, 0.2) is 6.10 Å². The number of hydrogen-bond acceptors (Lipinski definition) is 4. The number of aliphatic carboxylic acids is 1. The summed E-state index contributed by atoms with van der Waals surface area (Å²) in [6.45, 7) is 1.99. The number of carboxylic acids is 1. The minimum Gasteiger partial charge on any atom is -0.481 e. The summed E-state index contributed by atoms with van der Waals surface area (Å²) < 4.78 is 0. The van der Waals surface area contributed by atoms with Crippen LogP contribution in [0.2, 0.25) is 0 Å². The van der Waals surface area contributed by atoms with E-state index in [1.807, 2.05) is 6.92 Å². The Morgan fingerprint density at radius 2 is 2.50 bits per heavy atom. The Labute approximate surface area is 81.9 Å². The van der Waals surface area contributed by atoms with Crippen LogP contribution in [0, 0.1) is 11.8 Å². The van der Waals surface area contributed by atoms with Gasteiger partial charge in [-0.2, -0.15) is 0 Å². The number of rotatable bonds is 2. The highest BCUT2D eigenvalue weighted by Crippen LogP contribution is 2.38. The number of carbonyl (C=O) groups is 1. The van der Waals surface area contributed by atoms with Crippen LogP contribution in [-0.4, -0.2) is 28.9 Å². The van der Waals surface area contributed by atoms with Gasteiger partial charge in [-0.15, -0.1) is 0 Å². The lowest BCUT2D eigenvalue weighted by molar-refractivity contribution is -0.142. The lowest BCUT2D eigenvalue weighted by Gasteiger charge is -2.14. The fourth-order valence-electron chi connectivity index (χ4n) is 2.32. The summed E-state index contributed by atoms with van der Waals surface area (Å²) in [5, 5.41) is 12.8. The highest BCUT2D eigenvalue weighted by Gasteiger charge is 2.50. The molecule has 5 heteroatoms. The normalized spacial score (nSPS) is 40.3. The fourth-order valence-corrected chi connectivity index (χ4v) is 2.32. The minimum absolute atomic E-state index is 0.121. The van der Waals surface area contributed by atoms with Gasteiger partial charge in [-0.3, -0.25) is 4.79 Å². The Bertz CT molecular complexity index is 290. The van der Waals surface area contributed by atoms with Gasteiger partial charge < -0.3 is 15.7 Å². The van der Waals surface area contributed by atoms with Crippen LogP contribution in [0.5, 0.6) is 0 Å². The molecular formula is C9H14N2O3. The van der Waals surface area contributed by atoms with Gasteiger partial charge in [0.25, 0.3) is 0 Å². The number of nitrogens with zero attached hydrogens (tertiary/aromatic N) is 1. The number of hydrogen-bond donors (Lipinski definition) is 2. The van der Waals surface area contributed by atoms with Crippen molar-refractivity contribution in [2.75, 3.05) is 0 Å². The van der Waals surface area contributed by atoms with E-state index in [0.717, 1.165) is 12.1 Å². The van der Waals surface area contributed by atoms with Crippen LogP contribution in [0.1, 0.15) is 19.8 Å². The Kier molecular flexibility index (Phi) is 2.19. The van der Waals surface area contributed by atoms with Crippen LogP contribution in [0.3, 0.4) is 0 Å². The summed E-state index contributed by atoms with van der Waals surface area (Å²) in [6.07, 6.45) is 1.15. The molecule has 3 N–H and O–H groups in total. The zero-order valence-electron chi connectivity index (χ0n) is 8.01. The van der Waals surface area contributed by atoms with E-state index in [2.05, 4.69) is 5.16 Å². The van der Waals surface area contributed by atoms with Crippen molar-refractivity contribution in [3.05, 3.63) is 0 Å². The van der Waals surface area contributed by atoms with E-state index in [1.165, 1.54) is 0 Å². The number of nitrogens with two attached hydrogens (primary N) is 1. The molecule has 5 nitrogen and oxygen atoms in total. The van der Waals surface area contributed by atoms with E-state index in [1.54, 1.807) is 0 Å². The van der Waals surface area contributed by atoms with Crippen molar-refractivity contribution in [3.63, 3.8) is 0 Å². The first-order valence-electron chi connectivity index (χ1n) is 4.86. The van der Waals surface area contributed by atoms with Crippen LogP contribution >= 0.6 is 0 Å². The molecule has 0 aromatic carbocycles. The average Bonchev–Trinajstić information content (AvgIpc) is 2.66. The molecule has 0 aromatic heterocycles. The zero-order chi connectivity index (χ0) is 10.3. The molecule has 0 aromatic rings. The van der Waals surface area contributed by atoms with Gasteiger partial charge in [-0.25, -0.2) is 0 Å². The standard InChI is InChI=1S/C9H14N2O3/c1-2-6-4-3-5(9(12)13)7(10)8(4)14-11-6/h4-5,7-8H,2-3,10H2,1H3,(H,12,13). The average molecular weight is 198 g/mol. The lowest BCUT2D eigenvalue weighted by atomic mass is 9.97. The van der Waals surface area contributed by atoms with Crippen molar-refractivity contribution < 1.29 is 14.7 Å². The summed E-state index contributed by atoms with van der Waals surface area (Å²) in [7, 11) is 0. The molecule has 1 saturated carbocycles. The monoisotopic (exact) mass is 198 g/mol. The first-order valence-corrected chi connectivity index (χ1v) is 4.86. The molecule has 1 aliphatic heterocycles. The van der Waals surface area contributed by atoms with Crippen LogP contribution in [0.15, 0.2) is 5.16 Å². The van der Waals surface area contributed by atoms with Crippen molar-refractivity contribution in [2.24, 2.45) is 22.7 Å². The van der Waals surface area contributed by atoms with Gasteiger partial charge >= 0.3 is 5.97 Å². The predicted octanol–water partition coefficient (Wildman–Crippen LogP) is 0.199. The molecule has 4 unspecified atom stereocenters. The highest BCUT2D eigenvalue weighted by atomic mass is 16.6. The summed E-state index contributed by atoms with van der Waals surface area (Å²) >= 11 is 0. The van der Waals surface area contributed by atoms with E-state index in [0.29, 0.717) is 6.42 Å². The molecule has 1 heterocycles. The third kappa shape index (κ3) is 1.19. The second-order valence-electron chi connectivity index (χ2n) is 3.87. The molecule has 78 valence electrons. The van der Waals surface area contributed by atoms with Crippen molar-refractivity contribution in [1.82, 2.24) is 0 Å². The van der Waals surface area contributed by atoms with E-state index in [4.69, 9.17) is 15.7 Å². The third-order valence-corrected chi connectivity index (χ3v) is 3.15. The second-order valence-corrected chi connectivity index (χ2v) is 3.87. The van der Waals surface area contributed by atoms with E-state index in [-0.39, 0.29) is 12.0 Å². The minimum atomic E-state index is -0.828.